The molecule has 0 amide bonds. The number of carbonyl (C=O) groups excluding carboxylic acids is 1. The molecule has 0 heterocycles. The number of aliphatic hydroxyl groups is 4. The van der Waals surface area contributed by atoms with Crippen molar-refractivity contribution in [3.8, 4) is 0 Å². The molecular formula is C8H16O5. The van der Waals surface area contributed by atoms with Gasteiger partial charge in [-0.3, -0.25) is 0 Å². The number of aldehydes is 1. The smallest absolute Gasteiger partial charge is 0.151 e. The average molecular weight is 192 g/mol. The monoisotopic (exact) mass is 192 g/mol. The molecule has 0 aliphatic heterocycles. The van der Waals surface area contributed by atoms with E-state index in [1.165, 1.54) is 6.92 Å². The van der Waals surface area contributed by atoms with E-state index in [0.29, 0.717) is 0 Å². The van der Waals surface area contributed by atoms with Crippen molar-refractivity contribution in [2.24, 2.45) is 0 Å². The highest BCUT2D eigenvalue weighted by atomic mass is 16.4. The fraction of sp³-hybridized carbons (Fsp3) is 0.875. The van der Waals surface area contributed by atoms with Crippen LogP contribution in [0.1, 0.15) is 20.3 Å². The van der Waals surface area contributed by atoms with Gasteiger partial charge in [-0.15, -0.1) is 0 Å². The van der Waals surface area contributed by atoms with Crippen molar-refractivity contribution >= 4 is 6.29 Å². The second kappa shape index (κ2) is 4.66. The van der Waals surface area contributed by atoms with Crippen LogP contribution >= 0.6 is 0 Å². The van der Waals surface area contributed by atoms with Crippen molar-refractivity contribution in [2.75, 3.05) is 0 Å². The van der Waals surface area contributed by atoms with Crippen molar-refractivity contribution < 1.29 is 25.2 Å². The van der Waals surface area contributed by atoms with Gasteiger partial charge in [0.2, 0.25) is 0 Å². The van der Waals surface area contributed by atoms with E-state index in [4.69, 9.17) is 10.2 Å². The highest BCUT2D eigenvalue weighted by Crippen LogP contribution is 2.18. The first-order chi connectivity index (χ1) is 5.86. The minimum absolute atomic E-state index is 0.111. The summed E-state index contributed by atoms with van der Waals surface area (Å²) in [6.07, 6.45) is -4.56. The molecule has 0 aromatic carbocycles. The zero-order chi connectivity index (χ0) is 10.6. The van der Waals surface area contributed by atoms with Crippen LogP contribution in [-0.4, -0.2) is 50.6 Å². The summed E-state index contributed by atoms with van der Waals surface area (Å²) in [5.41, 5.74) is -1.51. The third-order valence-electron chi connectivity index (χ3n) is 2.17. The van der Waals surface area contributed by atoms with Crippen molar-refractivity contribution in [1.29, 1.82) is 0 Å². The summed E-state index contributed by atoms with van der Waals surface area (Å²) in [6.45, 7) is 2.93. The van der Waals surface area contributed by atoms with Gasteiger partial charge in [0.25, 0.3) is 0 Å². The van der Waals surface area contributed by atoms with Gasteiger partial charge >= 0.3 is 0 Å². The zero-order valence-electron chi connectivity index (χ0n) is 7.71. The van der Waals surface area contributed by atoms with Crippen LogP contribution < -0.4 is 0 Å². The van der Waals surface area contributed by atoms with E-state index in [1.54, 1.807) is 6.92 Å². The third-order valence-corrected chi connectivity index (χ3v) is 2.17. The zero-order valence-corrected chi connectivity index (χ0v) is 7.71. The second-order valence-corrected chi connectivity index (χ2v) is 3.27. The van der Waals surface area contributed by atoms with E-state index in [2.05, 4.69) is 0 Å². The molecule has 4 atom stereocenters. The highest BCUT2D eigenvalue weighted by Gasteiger charge is 2.37. The Kier molecular flexibility index (Phi) is 4.49. The Hall–Kier alpha value is -0.490. The second-order valence-electron chi connectivity index (χ2n) is 3.27. The molecule has 0 aliphatic rings. The predicted octanol–water partition coefficient (Wildman–Crippen LogP) is -1.57. The lowest BCUT2D eigenvalue weighted by Crippen LogP contribution is -2.51. The molecule has 5 nitrogen and oxygen atoms in total. The van der Waals surface area contributed by atoms with Gasteiger partial charge in [-0.25, -0.2) is 0 Å². The van der Waals surface area contributed by atoms with Crippen LogP contribution in [0.25, 0.3) is 0 Å². The van der Waals surface area contributed by atoms with Gasteiger partial charge in [-0.05, 0) is 13.3 Å². The maximum atomic E-state index is 10.1. The van der Waals surface area contributed by atoms with Crippen LogP contribution in [0.4, 0.5) is 0 Å². The van der Waals surface area contributed by atoms with E-state index < -0.39 is 23.9 Å². The molecule has 0 rings (SSSR count). The Morgan fingerprint density at radius 2 is 1.85 bits per heavy atom. The Balaban J connectivity index is 4.40. The molecule has 0 bridgehead atoms. The van der Waals surface area contributed by atoms with E-state index in [9.17, 15) is 15.0 Å². The lowest BCUT2D eigenvalue weighted by atomic mass is 9.90. The van der Waals surface area contributed by atoms with Gasteiger partial charge in [0.15, 0.2) is 6.29 Å². The molecule has 0 unspecified atom stereocenters. The summed E-state index contributed by atoms with van der Waals surface area (Å²) in [5.74, 6) is 0. The summed E-state index contributed by atoms with van der Waals surface area (Å²) in [4.78, 5) is 10.1. The fourth-order valence-corrected chi connectivity index (χ4v) is 0.844. The minimum atomic E-state index is -1.67. The average Bonchev–Trinajstić information content (AvgIpc) is 2.14. The third kappa shape index (κ3) is 3.04. The standard InChI is InChI=1S/C8H16O5/c1-3-8(2,13)7(12)6(11)5(10)4-9/h4-7,10-13H,3H2,1-2H3/t5-,6+,7+,8-/m0/s1. The van der Waals surface area contributed by atoms with E-state index in [-0.39, 0.29) is 12.7 Å². The van der Waals surface area contributed by atoms with Crippen molar-refractivity contribution in [1.82, 2.24) is 0 Å². The molecule has 0 aromatic heterocycles. The molecule has 0 aliphatic carbocycles. The van der Waals surface area contributed by atoms with Gasteiger partial charge in [-0.1, -0.05) is 6.92 Å². The van der Waals surface area contributed by atoms with Crippen LogP contribution in [0.3, 0.4) is 0 Å². The largest absolute Gasteiger partial charge is 0.387 e. The molecule has 5 heteroatoms. The van der Waals surface area contributed by atoms with Crippen LogP contribution in [0.15, 0.2) is 0 Å². The van der Waals surface area contributed by atoms with Crippen LogP contribution in [0.5, 0.6) is 0 Å². The Bertz CT molecular complexity index is 168. The minimum Gasteiger partial charge on any atom is -0.387 e. The van der Waals surface area contributed by atoms with E-state index in [0.717, 1.165) is 0 Å². The fourth-order valence-electron chi connectivity index (χ4n) is 0.844. The van der Waals surface area contributed by atoms with Gasteiger partial charge in [0.1, 0.15) is 18.3 Å². The molecule has 0 fully saturated rings. The maximum absolute atomic E-state index is 10.1. The number of rotatable bonds is 5. The van der Waals surface area contributed by atoms with Gasteiger partial charge in [0, 0.05) is 0 Å². The SMILES string of the molecule is CC[C@](C)(O)[C@H](O)[C@H](O)[C@@H](O)C=O. The van der Waals surface area contributed by atoms with E-state index >= 15 is 0 Å². The molecular weight excluding hydrogens is 176 g/mol. The lowest BCUT2D eigenvalue weighted by molar-refractivity contribution is -0.152. The first-order valence-corrected chi connectivity index (χ1v) is 4.08. The molecule has 0 aromatic rings. The lowest BCUT2D eigenvalue weighted by Gasteiger charge is -2.31. The van der Waals surface area contributed by atoms with Crippen molar-refractivity contribution in [3.63, 3.8) is 0 Å². The van der Waals surface area contributed by atoms with E-state index in [1.807, 2.05) is 0 Å². The summed E-state index contributed by atoms with van der Waals surface area (Å²) >= 11 is 0. The quantitative estimate of drug-likeness (QED) is 0.394. The van der Waals surface area contributed by atoms with Crippen molar-refractivity contribution in [2.45, 2.75) is 44.2 Å². The van der Waals surface area contributed by atoms with Crippen LogP contribution in [0.2, 0.25) is 0 Å². The number of hydrogen-bond acceptors (Lipinski definition) is 5. The van der Waals surface area contributed by atoms with Gasteiger partial charge < -0.3 is 25.2 Å². The molecule has 0 saturated heterocycles. The highest BCUT2D eigenvalue weighted by molar-refractivity contribution is 5.56. The molecule has 0 saturated carbocycles. The summed E-state index contributed by atoms with van der Waals surface area (Å²) < 4.78 is 0. The topological polar surface area (TPSA) is 98.0 Å². The predicted molar refractivity (Wildman–Crippen MR) is 45.0 cm³/mol. The Morgan fingerprint density at radius 1 is 1.38 bits per heavy atom. The number of hydrogen-bond donors (Lipinski definition) is 4. The normalized spacial score (nSPS) is 22.9. The number of carbonyl (C=O) groups is 1. The summed E-state index contributed by atoms with van der Waals surface area (Å²) in [7, 11) is 0. The first kappa shape index (κ1) is 12.5. The molecule has 78 valence electrons. The summed E-state index contributed by atoms with van der Waals surface area (Å²) in [6, 6.07) is 0. The molecule has 13 heavy (non-hydrogen) atoms. The Labute approximate surface area is 76.6 Å². The summed E-state index contributed by atoms with van der Waals surface area (Å²) in [5, 5.41) is 36.8. The molecule has 4 N–H and O–H groups in total. The van der Waals surface area contributed by atoms with Gasteiger partial charge in [-0.2, -0.15) is 0 Å². The number of aliphatic hydroxyl groups excluding tert-OH is 3. The molecule has 0 spiro atoms. The molecule has 0 radical (unpaired) electrons. The first-order valence-electron chi connectivity index (χ1n) is 4.08. The van der Waals surface area contributed by atoms with Crippen LogP contribution in [-0.2, 0) is 4.79 Å². The Morgan fingerprint density at radius 3 is 2.15 bits per heavy atom. The van der Waals surface area contributed by atoms with Crippen LogP contribution in [0, 0.1) is 0 Å². The maximum Gasteiger partial charge on any atom is 0.151 e. The van der Waals surface area contributed by atoms with Crippen molar-refractivity contribution in [3.05, 3.63) is 0 Å². The van der Waals surface area contributed by atoms with Gasteiger partial charge in [0.05, 0.1) is 5.60 Å².